The molecule has 1 saturated heterocycles. The third kappa shape index (κ3) is 3.27. The minimum Gasteiger partial charge on any atom is -0.454 e. The number of ketones is 1. The molecule has 0 spiro atoms. The van der Waals surface area contributed by atoms with Crippen molar-refractivity contribution in [3.8, 4) is 11.5 Å². The van der Waals surface area contributed by atoms with Crippen LogP contribution in [-0.2, 0) is 16.1 Å². The lowest BCUT2D eigenvalue weighted by atomic mass is 9.92. The first kappa shape index (κ1) is 22.2. The Balaban J connectivity index is 1.72. The normalized spacial score (nSPS) is 16.8. The monoisotopic (exact) mass is 487 g/mol. The van der Waals surface area contributed by atoms with Gasteiger partial charge in [-0.2, -0.15) is 0 Å². The van der Waals surface area contributed by atoms with Gasteiger partial charge in [0, 0.05) is 39.7 Å². The molecule has 3 heterocycles. The van der Waals surface area contributed by atoms with Crippen LogP contribution < -0.4 is 20.0 Å². The van der Waals surface area contributed by atoms with Crippen molar-refractivity contribution in [2.45, 2.75) is 32.2 Å². The van der Waals surface area contributed by atoms with E-state index in [-0.39, 0.29) is 34.2 Å². The van der Waals surface area contributed by atoms with Gasteiger partial charge in [0.1, 0.15) is 17.7 Å². The first-order chi connectivity index (χ1) is 17.5. The second kappa shape index (κ2) is 8.46. The Labute approximate surface area is 203 Å². The van der Waals surface area contributed by atoms with Gasteiger partial charge in [-0.3, -0.25) is 14.9 Å². The lowest BCUT2D eigenvalue weighted by Gasteiger charge is -2.18. The first-order valence-electron chi connectivity index (χ1n) is 11.8. The fourth-order valence-corrected chi connectivity index (χ4v) is 5.68. The molecule has 0 aromatic heterocycles. The van der Waals surface area contributed by atoms with Gasteiger partial charge in [-0.05, 0) is 51.0 Å². The van der Waals surface area contributed by atoms with E-state index in [1.165, 1.54) is 6.08 Å². The fourth-order valence-electron chi connectivity index (χ4n) is 5.68. The summed E-state index contributed by atoms with van der Waals surface area (Å²) in [6, 6.07) is 3.42. The quantitative estimate of drug-likeness (QED) is 0.383. The van der Waals surface area contributed by atoms with Crippen molar-refractivity contribution in [3.63, 3.8) is 0 Å². The standard InChI is InChI=1S/C26H21N3O7/c30-12-19-16-10-22-23(36-14-35-22)11-17(16)26-25(19)24-18(8-15(29(33)34)9-21(24)32)20(13-31)28(26)7-3-6-27-4-1-2-5-27/h8,10-11H,1-7,9,14H2. The third-order valence-electron chi connectivity index (χ3n) is 7.26. The van der Waals surface area contributed by atoms with Gasteiger partial charge in [-0.25, -0.2) is 9.59 Å². The molecule has 0 radical (unpaired) electrons. The lowest BCUT2D eigenvalue weighted by molar-refractivity contribution is -0.424. The number of aromatic nitrogens is 1. The van der Waals surface area contributed by atoms with Gasteiger partial charge < -0.3 is 18.9 Å². The Morgan fingerprint density at radius 1 is 1.03 bits per heavy atom. The molecular weight excluding hydrogens is 466 g/mol. The van der Waals surface area contributed by atoms with Crippen LogP contribution in [-0.4, -0.2) is 58.5 Å². The van der Waals surface area contributed by atoms with E-state index in [4.69, 9.17) is 9.47 Å². The predicted molar refractivity (Wildman–Crippen MR) is 126 cm³/mol. The van der Waals surface area contributed by atoms with Gasteiger partial charge in [0.25, 0.3) is 5.70 Å². The lowest BCUT2D eigenvalue weighted by Crippen LogP contribution is -2.33. The van der Waals surface area contributed by atoms with E-state index in [9.17, 15) is 24.5 Å². The van der Waals surface area contributed by atoms with E-state index in [1.54, 1.807) is 16.7 Å². The summed E-state index contributed by atoms with van der Waals surface area (Å²) in [4.78, 5) is 51.2. The maximum absolute atomic E-state index is 13.3. The second-order valence-corrected chi connectivity index (χ2v) is 9.24. The van der Waals surface area contributed by atoms with Crippen LogP contribution in [0.5, 0.6) is 11.5 Å². The highest BCUT2D eigenvalue weighted by Crippen LogP contribution is 2.36. The van der Waals surface area contributed by atoms with Gasteiger partial charge in [0.15, 0.2) is 23.2 Å². The molecule has 1 aromatic carbocycles. The van der Waals surface area contributed by atoms with Gasteiger partial charge in [0.05, 0.1) is 15.5 Å². The highest BCUT2D eigenvalue weighted by Gasteiger charge is 2.31. The van der Waals surface area contributed by atoms with Crippen LogP contribution in [0.3, 0.4) is 0 Å². The van der Waals surface area contributed by atoms with Crippen molar-refractivity contribution in [3.05, 3.63) is 60.2 Å². The molecule has 10 heteroatoms. The zero-order valence-electron chi connectivity index (χ0n) is 19.3. The molecule has 3 aliphatic heterocycles. The Morgan fingerprint density at radius 2 is 1.75 bits per heavy atom. The van der Waals surface area contributed by atoms with Crippen LogP contribution in [0.25, 0.3) is 16.8 Å². The largest absolute Gasteiger partial charge is 0.454 e. The molecule has 182 valence electrons. The third-order valence-corrected chi connectivity index (χ3v) is 7.26. The molecule has 0 unspecified atom stereocenters. The number of rotatable bonds is 5. The second-order valence-electron chi connectivity index (χ2n) is 9.24. The van der Waals surface area contributed by atoms with E-state index >= 15 is 0 Å². The van der Waals surface area contributed by atoms with Crippen molar-refractivity contribution >= 4 is 34.5 Å². The molecule has 10 nitrogen and oxygen atoms in total. The van der Waals surface area contributed by atoms with Gasteiger partial charge in [0.2, 0.25) is 6.79 Å². The maximum atomic E-state index is 13.3. The van der Waals surface area contributed by atoms with E-state index < -0.39 is 17.1 Å². The van der Waals surface area contributed by atoms with Crippen LogP contribution in [0.15, 0.2) is 17.8 Å². The van der Waals surface area contributed by atoms with E-state index in [1.807, 2.05) is 11.9 Å². The zero-order chi connectivity index (χ0) is 25.0. The summed E-state index contributed by atoms with van der Waals surface area (Å²) < 4.78 is 12.8. The molecule has 6 rings (SSSR count). The maximum Gasteiger partial charge on any atom is 0.254 e. The Kier molecular flexibility index (Phi) is 5.23. The highest BCUT2D eigenvalue weighted by molar-refractivity contribution is 6.05. The van der Waals surface area contributed by atoms with Crippen LogP contribution in [0.4, 0.5) is 0 Å². The van der Waals surface area contributed by atoms with Crippen molar-refractivity contribution in [1.82, 2.24) is 9.47 Å². The molecule has 1 aromatic rings. The molecule has 1 fully saturated rings. The smallest absolute Gasteiger partial charge is 0.254 e. The summed E-state index contributed by atoms with van der Waals surface area (Å²) in [6.07, 6.45) is 3.82. The Bertz CT molecular complexity index is 1740. The van der Waals surface area contributed by atoms with Crippen LogP contribution in [0.1, 0.15) is 41.6 Å². The summed E-state index contributed by atoms with van der Waals surface area (Å²) in [5.74, 6) is 4.35. The van der Waals surface area contributed by atoms with Crippen molar-refractivity contribution in [2.75, 3.05) is 26.4 Å². The SMILES string of the molecule is O=C=c1c2c3c(c(=C=O)n(CCCN4CCCC4)c=2c2cc4c(cc12)OCO4)C=C([N+](=O)[O-])CC3=O. The molecule has 2 aliphatic carbocycles. The molecule has 0 amide bonds. The number of nitrogens with zero attached hydrogens (tertiary/aromatic N) is 3. The minimum atomic E-state index is -0.620. The molecule has 0 saturated carbocycles. The van der Waals surface area contributed by atoms with E-state index in [2.05, 4.69) is 4.90 Å². The summed E-state index contributed by atoms with van der Waals surface area (Å²) in [7, 11) is 0. The van der Waals surface area contributed by atoms with Gasteiger partial charge >= 0.3 is 0 Å². The minimum absolute atomic E-state index is 0.0472. The van der Waals surface area contributed by atoms with Gasteiger partial charge in [-0.1, -0.05) is 0 Å². The number of likely N-dealkylation sites (tertiary alicyclic amines) is 1. The molecule has 0 atom stereocenters. The highest BCUT2D eigenvalue weighted by atomic mass is 16.7. The number of hydrogen-bond acceptors (Lipinski definition) is 8. The molecule has 0 N–H and O–H groups in total. The zero-order valence-corrected chi connectivity index (χ0v) is 19.3. The molecule has 0 bridgehead atoms. The molecule has 5 aliphatic rings. The van der Waals surface area contributed by atoms with Crippen LogP contribution >= 0.6 is 0 Å². The molecular formula is C26H21N3O7. The summed E-state index contributed by atoms with van der Waals surface area (Å²) in [5, 5.41) is 13.7. The average molecular weight is 487 g/mol. The van der Waals surface area contributed by atoms with E-state index in [0.29, 0.717) is 45.8 Å². The summed E-state index contributed by atoms with van der Waals surface area (Å²) in [5.41, 5.74) is -0.0738. The van der Waals surface area contributed by atoms with Crippen LogP contribution in [0, 0.1) is 20.7 Å². The number of carbonyl (C=O) groups excluding carboxylic acids is 3. The topological polar surface area (TPSA) is 121 Å². The van der Waals surface area contributed by atoms with Crippen molar-refractivity contribution in [2.24, 2.45) is 0 Å². The first-order valence-corrected chi connectivity index (χ1v) is 11.8. The van der Waals surface area contributed by atoms with Crippen molar-refractivity contribution in [1.29, 1.82) is 0 Å². The van der Waals surface area contributed by atoms with Gasteiger partial charge in [-0.15, -0.1) is 0 Å². The van der Waals surface area contributed by atoms with E-state index in [0.717, 1.165) is 32.5 Å². The average Bonchev–Trinajstić information content (AvgIpc) is 3.61. The Hall–Kier alpha value is -4.23. The molecule has 36 heavy (non-hydrogen) atoms. The number of allylic oxidation sites excluding steroid dienone is 1. The number of ether oxygens (including phenoxy) is 2. The Morgan fingerprint density at radius 3 is 2.42 bits per heavy atom. The summed E-state index contributed by atoms with van der Waals surface area (Å²) in [6.45, 7) is 3.30. The predicted octanol–water partition coefficient (Wildman–Crippen LogP) is 0.791. The number of fused-ring (bicyclic) bond motifs is 5. The number of nitro groups is 1. The number of benzene rings is 1. The van der Waals surface area contributed by atoms with Crippen LogP contribution in [0.2, 0.25) is 0 Å². The number of Topliss-reactive ketones (excluding diaryl/α,β-unsaturated/α-hetero) is 1. The number of carbonyl (C=O) groups is 1. The summed E-state index contributed by atoms with van der Waals surface area (Å²) >= 11 is 0. The van der Waals surface area contributed by atoms with Crippen molar-refractivity contribution < 1.29 is 28.8 Å². The fraction of sp³-hybridized carbons (Fsp3) is 0.346. The number of hydrogen-bond donors (Lipinski definition) is 0.